The fraction of sp³-hybridized carbons (Fsp3) is 0.786. The first-order valence-corrected chi connectivity index (χ1v) is 7.02. The van der Waals surface area contributed by atoms with Crippen molar-refractivity contribution >= 4 is 0 Å². The molecule has 2 heterocycles. The minimum Gasteiger partial charge on any atom is -0.481 e. The fourth-order valence-corrected chi connectivity index (χ4v) is 3.19. The smallest absolute Gasteiger partial charge is 0.216 e. The Kier molecular flexibility index (Phi) is 4.16. The highest BCUT2D eigenvalue weighted by molar-refractivity contribution is 5.36. The first-order valence-electron chi connectivity index (χ1n) is 7.02. The molecular weight excluding hydrogens is 240 g/mol. The van der Waals surface area contributed by atoms with Crippen molar-refractivity contribution < 1.29 is 4.74 Å². The topological polar surface area (TPSA) is 56.3 Å². The zero-order chi connectivity index (χ0) is 14.2. The average molecular weight is 266 g/mol. The minimum atomic E-state index is 0.163. The van der Waals surface area contributed by atoms with Gasteiger partial charge in [0.25, 0.3) is 0 Å². The summed E-state index contributed by atoms with van der Waals surface area (Å²) in [6.45, 7) is 8.65. The van der Waals surface area contributed by atoms with Crippen LogP contribution in [0.3, 0.4) is 0 Å². The van der Waals surface area contributed by atoms with Gasteiger partial charge in [0.05, 0.1) is 24.4 Å². The van der Waals surface area contributed by atoms with Crippen LogP contribution >= 0.6 is 0 Å². The SMILES string of the molecule is COc1c(C2C(N)CCN2CC(C)C)c(C)nn1C. The van der Waals surface area contributed by atoms with Gasteiger partial charge in [-0.1, -0.05) is 13.8 Å². The largest absolute Gasteiger partial charge is 0.481 e. The van der Waals surface area contributed by atoms with Crippen LogP contribution in [0.1, 0.15) is 37.6 Å². The molecule has 1 fully saturated rings. The molecule has 1 aliphatic heterocycles. The van der Waals surface area contributed by atoms with Crippen molar-refractivity contribution in [3.8, 4) is 5.88 Å². The maximum absolute atomic E-state index is 6.34. The molecule has 0 aliphatic carbocycles. The molecule has 2 N–H and O–H groups in total. The summed E-state index contributed by atoms with van der Waals surface area (Å²) in [4.78, 5) is 2.47. The van der Waals surface area contributed by atoms with E-state index in [1.165, 1.54) is 0 Å². The van der Waals surface area contributed by atoms with Gasteiger partial charge in [-0.05, 0) is 19.3 Å². The van der Waals surface area contributed by atoms with Crippen LogP contribution in [0.25, 0.3) is 0 Å². The van der Waals surface area contributed by atoms with Gasteiger partial charge < -0.3 is 10.5 Å². The van der Waals surface area contributed by atoms with Crippen LogP contribution in [0.2, 0.25) is 0 Å². The molecule has 0 radical (unpaired) electrons. The van der Waals surface area contributed by atoms with E-state index in [1.807, 2.05) is 18.7 Å². The highest BCUT2D eigenvalue weighted by atomic mass is 16.5. The second-order valence-corrected chi connectivity index (χ2v) is 5.92. The lowest BCUT2D eigenvalue weighted by atomic mass is 10.0. The zero-order valence-corrected chi connectivity index (χ0v) is 12.7. The van der Waals surface area contributed by atoms with Crippen molar-refractivity contribution in [1.82, 2.24) is 14.7 Å². The molecule has 0 spiro atoms. The van der Waals surface area contributed by atoms with Crippen molar-refractivity contribution in [2.24, 2.45) is 18.7 Å². The molecule has 2 rings (SSSR count). The van der Waals surface area contributed by atoms with Crippen LogP contribution in [-0.4, -0.2) is 40.9 Å². The molecule has 5 heteroatoms. The van der Waals surface area contributed by atoms with Gasteiger partial charge in [0, 0.05) is 26.2 Å². The van der Waals surface area contributed by atoms with Crippen LogP contribution in [0, 0.1) is 12.8 Å². The number of nitrogens with two attached hydrogens (primary N) is 1. The van der Waals surface area contributed by atoms with Gasteiger partial charge in [-0.25, -0.2) is 4.68 Å². The molecule has 0 saturated carbocycles. The van der Waals surface area contributed by atoms with E-state index in [-0.39, 0.29) is 12.1 Å². The van der Waals surface area contributed by atoms with Crippen molar-refractivity contribution in [3.05, 3.63) is 11.3 Å². The van der Waals surface area contributed by atoms with Gasteiger partial charge in [0.1, 0.15) is 0 Å². The summed E-state index contributed by atoms with van der Waals surface area (Å²) in [6.07, 6.45) is 1.04. The molecule has 0 aromatic carbocycles. The average Bonchev–Trinajstić information content (AvgIpc) is 2.79. The fourth-order valence-electron chi connectivity index (χ4n) is 3.19. The summed E-state index contributed by atoms with van der Waals surface area (Å²) in [6, 6.07) is 0.390. The molecule has 0 amide bonds. The lowest BCUT2D eigenvalue weighted by Crippen LogP contribution is -2.34. The van der Waals surface area contributed by atoms with E-state index in [0.29, 0.717) is 5.92 Å². The predicted molar refractivity (Wildman–Crippen MR) is 76.2 cm³/mol. The molecule has 1 aromatic heterocycles. The first-order chi connectivity index (χ1) is 8.95. The summed E-state index contributed by atoms with van der Waals surface area (Å²) < 4.78 is 7.34. The van der Waals surface area contributed by atoms with Crippen molar-refractivity contribution in [3.63, 3.8) is 0 Å². The van der Waals surface area contributed by atoms with Crippen LogP contribution in [-0.2, 0) is 7.05 Å². The monoisotopic (exact) mass is 266 g/mol. The second kappa shape index (κ2) is 5.51. The minimum absolute atomic E-state index is 0.163. The summed E-state index contributed by atoms with van der Waals surface area (Å²) >= 11 is 0. The van der Waals surface area contributed by atoms with Crippen LogP contribution in [0.5, 0.6) is 5.88 Å². The van der Waals surface area contributed by atoms with E-state index in [2.05, 4.69) is 23.8 Å². The maximum Gasteiger partial charge on any atom is 0.216 e. The molecule has 1 aliphatic rings. The van der Waals surface area contributed by atoms with Crippen LogP contribution < -0.4 is 10.5 Å². The van der Waals surface area contributed by atoms with Gasteiger partial charge in [-0.2, -0.15) is 5.10 Å². The Morgan fingerprint density at radius 2 is 2.16 bits per heavy atom. The predicted octanol–water partition coefficient (Wildman–Crippen LogP) is 1.47. The maximum atomic E-state index is 6.34. The Balaban J connectivity index is 2.37. The number of methoxy groups -OCH3 is 1. The third kappa shape index (κ3) is 2.62. The van der Waals surface area contributed by atoms with Gasteiger partial charge in [0.15, 0.2) is 0 Å². The summed E-state index contributed by atoms with van der Waals surface area (Å²) in [5.41, 5.74) is 8.53. The number of aryl methyl sites for hydroxylation is 2. The van der Waals surface area contributed by atoms with Crippen molar-refractivity contribution in [2.75, 3.05) is 20.2 Å². The van der Waals surface area contributed by atoms with E-state index in [0.717, 1.165) is 36.6 Å². The molecule has 1 saturated heterocycles. The summed E-state index contributed by atoms with van der Waals surface area (Å²) in [7, 11) is 3.62. The lowest BCUT2D eigenvalue weighted by Gasteiger charge is -2.28. The number of nitrogens with zero attached hydrogens (tertiary/aromatic N) is 3. The van der Waals surface area contributed by atoms with E-state index in [1.54, 1.807) is 7.11 Å². The first kappa shape index (κ1) is 14.3. The van der Waals surface area contributed by atoms with E-state index in [4.69, 9.17) is 10.5 Å². The third-order valence-corrected chi connectivity index (χ3v) is 3.85. The standard InChI is InChI=1S/C14H26N4O/c1-9(2)8-18-7-6-11(15)13(18)12-10(3)16-17(4)14(12)19-5/h9,11,13H,6-8,15H2,1-5H3. The molecule has 1 aromatic rings. The molecule has 108 valence electrons. The normalized spacial score (nSPS) is 24.4. The third-order valence-electron chi connectivity index (χ3n) is 3.85. The van der Waals surface area contributed by atoms with E-state index >= 15 is 0 Å². The number of likely N-dealkylation sites (tertiary alicyclic amines) is 1. The van der Waals surface area contributed by atoms with Gasteiger partial charge in [-0.3, -0.25) is 4.90 Å². The van der Waals surface area contributed by atoms with Gasteiger partial charge in [-0.15, -0.1) is 0 Å². The van der Waals surface area contributed by atoms with Crippen LogP contribution in [0.4, 0.5) is 0 Å². The number of ether oxygens (including phenoxy) is 1. The molecule has 19 heavy (non-hydrogen) atoms. The van der Waals surface area contributed by atoms with E-state index in [9.17, 15) is 0 Å². The highest BCUT2D eigenvalue weighted by Gasteiger charge is 2.37. The van der Waals surface area contributed by atoms with Gasteiger partial charge >= 0.3 is 0 Å². The highest BCUT2D eigenvalue weighted by Crippen LogP contribution is 2.38. The molecular formula is C14H26N4O. The molecule has 0 bridgehead atoms. The van der Waals surface area contributed by atoms with E-state index < -0.39 is 0 Å². The Hall–Kier alpha value is -1.07. The van der Waals surface area contributed by atoms with Crippen molar-refractivity contribution in [2.45, 2.75) is 39.3 Å². The lowest BCUT2D eigenvalue weighted by molar-refractivity contribution is 0.215. The number of hydrogen-bond donors (Lipinski definition) is 1. The van der Waals surface area contributed by atoms with Gasteiger partial charge in [0.2, 0.25) is 5.88 Å². The summed E-state index contributed by atoms with van der Waals surface area (Å²) in [5.74, 6) is 1.48. The van der Waals surface area contributed by atoms with Crippen LogP contribution in [0.15, 0.2) is 0 Å². The molecule has 5 nitrogen and oxygen atoms in total. The zero-order valence-electron chi connectivity index (χ0n) is 12.7. The Labute approximate surface area is 115 Å². The quantitative estimate of drug-likeness (QED) is 0.896. The Morgan fingerprint density at radius 1 is 1.47 bits per heavy atom. The number of rotatable bonds is 4. The second-order valence-electron chi connectivity index (χ2n) is 5.92. The summed E-state index contributed by atoms with van der Waals surface area (Å²) in [5, 5.41) is 4.48. The Bertz CT molecular complexity index is 441. The molecule has 2 unspecified atom stereocenters. The van der Waals surface area contributed by atoms with Crippen molar-refractivity contribution in [1.29, 1.82) is 0 Å². The molecule has 2 atom stereocenters. The Morgan fingerprint density at radius 3 is 2.74 bits per heavy atom. The number of hydrogen-bond acceptors (Lipinski definition) is 4. The number of aromatic nitrogens is 2.